The number of rotatable bonds is 13. The Bertz CT molecular complexity index is 1790. The largest absolute Gasteiger partial charge is 0.311 e. The number of nitrogens with zero attached hydrogens (tertiary/aromatic N) is 2. The normalized spacial score (nSPS) is 13.5. The maximum atomic E-state index is 14.2. The molecule has 224 valence electrons. The monoisotopic (exact) mass is 657 g/mol. The Morgan fingerprint density at radius 2 is 1.30 bits per heavy atom. The van der Waals surface area contributed by atoms with Gasteiger partial charge >= 0.3 is 0 Å². The van der Waals surface area contributed by atoms with E-state index in [1.54, 1.807) is 10.4 Å². The van der Waals surface area contributed by atoms with Crippen LogP contribution in [0, 0.1) is 13.8 Å². The zero-order valence-corrected chi connectivity index (χ0v) is 27.9. The molecule has 0 radical (unpaired) electrons. The molecule has 0 heterocycles. The van der Waals surface area contributed by atoms with Gasteiger partial charge in [0.15, 0.2) is 0 Å². The van der Waals surface area contributed by atoms with Crippen LogP contribution >= 0.6 is 15.9 Å². The summed E-state index contributed by atoms with van der Waals surface area (Å²) in [4.78, 5) is 0.348. The smallest absolute Gasteiger partial charge is 0.243 e. The van der Waals surface area contributed by atoms with E-state index in [-0.39, 0.29) is 0 Å². The Morgan fingerprint density at radius 1 is 0.698 bits per heavy atom. The number of aryl methyl sites for hydroxylation is 2. The number of quaternary nitrogens is 1. The SMILES string of the molecule is CC[N+](CBr)(CCCCN(Cc1ccc2ccccc2c1)S(=O)(=O)c1ccc2ccccc2c1)Cc1cc(C)cc(C)c1. The van der Waals surface area contributed by atoms with E-state index in [2.05, 4.69) is 85.2 Å². The van der Waals surface area contributed by atoms with Crippen LogP contribution in [0.15, 0.2) is 108 Å². The Labute approximate surface area is 265 Å². The summed E-state index contributed by atoms with van der Waals surface area (Å²) in [6, 6.07) is 34.7. The highest BCUT2D eigenvalue weighted by Crippen LogP contribution is 2.26. The van der Waals surface area contributed by atoms with Crippen LogP contribution in [-0.2, 0) is 23.1 Å². The summed E-state index contributed by atoms with van der Waals surface area (Å²) in [6.45, 7) is 10.3. The van der Waals surface area contributed by atoms with Gasteiger partial charge in [-0.15, -0.1) is 0 Å². The summed E-state index contributed by atoms with van der Waals surface area (Å²) < 4.78 is 30.9. The quantitative estimate of drug-likeness (QED) is 0.0548. The van der Waals surface area contributed by atoms with Gasteiger partial charge < -0.3 is 4.48 Å². The van der Waals surface area contributed by atoms with Crippen LogP contribution in [0.25, 0.3) is 21.5 Å². The van der Waals surface area contributed by atoms with Crippen molar-refractivity contribution in [3.8, 4) is 0 Å². The van der Waals surface area contributed by atoms with Gasteiger partial charge in [0.1, 0.15) is 12.0 Å². The Hall–Kier alpha value is -3.03. The molecule has 0 bridgehead atoms. The van der Waals surface area contributed by atoms with E-state index in [1.165, 1.54) is 16.7 Å². The Morgan fingerprint density at radius 3 is 1.93 bits per heavy atom. The van der Waals surface area contributed by atoms with Crippen LogP contribution in [-0.4, -0.2) is 42.3 Å². The van der Waals surface area contributed by atoms with E-state index in [1.807, 2.05) is 48.5 Å². The minimum absolute atomic E-state index is 0.342. The van der Waals surface area contributed by atoms with Crippen molar-refractivity contribution >= 4 is 47.5 Å². The molecule has 0 fully saturated rings. The van der Waals surface area contributed by atoms with Crippen molar-refractivity contribution in [2.24, 2.45) is 0 Å². The molecule has 5 aromatic carbocycles. The minimum Gasteiger partial charge on any atom is -0.311 e. The van der Waals surface area contributed by atoms with Gasteiger partial charge in [0.05, 0.1) is 18.0 Å². The molecule has 1 atom stereocenters. The molecule has 1 unspecified atom stereocenters. The van der Waals surface area contributed by atoms with Crippen molar-refractivity contribution in [1.82, 2.24) is 4.31 Å². The van der Waals surface area contributed by atoms with Gasteiger partial charge in [-0.2, -0.15) is 4.31 Å². The second-order valence-corrected chi connectivity index (χ2v) is 14.3. The van der Waals surface area contributed by atoms with Crippen LogP contribution in [0.1, 0.15) is 42.0 Å². The van der Waals surface area contributed by atoms with Crippen molar-refractivity contribution in [3.63, 3.8) is 0 Å². The maximum absolute atomic E-state index is 14.2. The number of benzene rings is 5. The van der Waals surface area contributed by atoms with Gasteiger partial charge in [-0.25, -0.2) is 8.42 Å². The molecule has 6 heteroatoms. The lowest BCUT2D eigenvalue weighted by Gasteiger charge is -2.36. The zero-order valence-electron chi connectivity index (χ0n) is 25.5. The van der Waals surface area contributed by atoms with E-state index in [9.17, 15) is 8.42 Å². The fourth-order valence-corrected chi connectivity index (χ4v) is 8.41. The van der Waals surface area contributed by atoms with Crippen molar-refractivity contribution in [2.75, 3.05) is 25.1 Å². The van der Waals surface area contributed by atoms with Gasteiger partial charge in [-0.3, -0.25) is 0 Å². The molecule has 0 aliphatic heterocycles. The first-order valence-corrected chi connectivity index (χ1v) is 17.7. The molecule has 5 aromatic rings. The molecule has 5 rings (SSSR count). The van der Waals surface area contributed by atoms with Gasteiger partial charge in [0, 0.05) is 18.7 Å². The van der Waals surface area contributed by atoms with Crippen molar-refractivity contribution in [1.29, 1.82) is 0 Å². The highest BCUT2D eigenvalue weighted by Gasteiger charge is 2.27. The molecular weight excluding hydrogens is 616 g/mol. The average molecular weight is 659 g/mol. The maximum Gasteiger partial charge on any atom is 0.243 e. The third-order valence-electron chi connectivity index (χ3n) is 8.55. The molecule has 43 heavy (non-hydrogen) atoms. The summed E-state index contributed by atoms with van der Waals surface area (Å²) in [5.74, 6) is 0. The van der Waals surface area contributed by atoms with Crippen LogP contribution in [0.4, 0.5) is 0 Å². The fourth-order valence-electron chi connectivity index (χ4n) is 6.12. The highest BCUT2D eigenvalue weighted by atomic mass is 79.9. The van der Waals surface area contributed by atoms with Crippen LogP contribution in [0.3, 0.4) is 0 Å². The Kier molecular flexibility index (Phi) is 10.0. The molecule has 0 saturated heterocycles. The summed E-state index contributed by atoms with van der Waals surface area (Å²) in [5, 5.41) is 4.25. The molecular formula is C37H42BrN2O2S+. The molecule has 0 saturated carbocycles. The molecule has 0 amide bonds. The Balaban J connectivity index is 1.36. The molecule has 0 aliphatic carbocycles. The lowest BCUT2D eigenvalue weighted by molar-refractivity contribution is -0.926. The summed E-state index contributed by atoms with van der Waals surface area (Å²) in [7, 11) is -3.71. The number of fused-ring (bicyclic) bond motifs is 2. The number of alkyl halides is 1. The zero-order chi connectivity index (χ0) is 30.5. The first-order chi connectivity index (χ1) is 20.7. The van der Waals surface area contributed by atoms with Crippen LogP contribution in [0.5, 0.6) is 0 Å². The summed E-state index contributed by atoms with van der Waals surface area (Å²) in [5.41, 5.74) is 5.81. The molecule has 0 spiro atoms. The summed E-state index contributed by atoms with van der Waals surface area (Å²) in [6.07, 6.45) is 1.73. The van der Waals surface area contributed by atoms with Crippen LogP contribution in [0.2, 0.25) is 0 Å². The second kappa shape index (κ2) is 13.7. The number of hydrogen-bond donors (Lipinski definition) is 0. The van der Waals surface area contributed by atoms with Gasteiger partial charge in [-0.1, -0.05) is 96.1 Å². The standard InChI is InChI=1S/C37H42BrN2O2S/c1-4-40(28-38,27-32-22-29(2)21-30(3)23-32)20-10-9-19-39(26-31-15-16-33-11-5-7-13-35(33)24-31)43(41,42)37-18-17-34-12-6-8-14-36(34)25-37/h5-8,11-18,21-25H,4,9-10,19-20,26-28H2,1-3H3/q+1. The van der Waals surface area contributed by atoms with Gasteiger partial charge in [-0.05, 0) is 94.9 Å². The first-order valence-electron chi connectivity index (χ1n) is 15.2. The average Bonchev–Trinajstić information content (AvgIpc) is 3.01. The molecule has 0 aliphatic rings. The van der Waals surface area contributed by atoms with Crippen molar-refractivity contribution in [3.05, 3.63) is 125 Å². The molecule has 0 N–H and O–H groups in total. The molecule has 0 aromatic heterocycles. The first kappa shape index (κ1) is 31.4. The van der Waals surface area contributed by atoms with Gasteiger partial charge in [0.2, 0.25) is 10.0 Å². The van der Waals surface area contributed by atoms with Gasteiger partial charge in [0.25, 0.3) is 0 Å². The number of sulfonamides is 1. The predicted molar refractivity (Wildman–Crippen MR) is 184 cm³/mol. The van der Waals surface area contributed by atoms with E-state index in [0.29, 0.717) is 18.0 Å². The number of hydrogen-bond acceptors (Lipinski definition) is 2. The topological polar surface area (TPSA) is 37.4 Å². The van der Waals surface area contributed by atoms with E-state index >= 15 is 0 Å². The number of halogens is 1. The van der Waals surface area contributed by atoms with E-state index in [4.69, 9.17) is 0 Å². The highest BCUT2D eigenvalue weighted by molar-refractivity contribution is 9.09. The van der Waals surface area contributed by atoms with Crippen molar-refractivity contribution < 1.29 is 12.9 Å². The summed E-state index contributed by atoms with van der Waals surface area (Å²) >= 11 is 3.82. The third kappa shape index (κ3) is 7.55. The lowest BCUT2D eigenvalue weighted by Crippen LogP contribution is -2.47. The van der Waals surface area contributed by atoms with E-state index < -0.39 is 10.0 Å². The predicted octanol–water partition coefficient (Wildman–Crippen LogP) is 8.97. The fraction of sp³-hybridized carbons (Fsp3) is 0.297. The third-order valence-corrected chi connectivity index (χ3v) is 11.5. The van der Waals surface area contributed by atoms with E-state index in [0.717, 1.165) is 69.5 Å². The second-order valence-electron chi connectivity index (χ2n) is 11.9. The minimum atomic E-state index is -3.71. The number of unbranched alkanes of at least 4 members (excludes halogenated alkanes) is 1. The molecule has 4 nitrogen and oxygen atoms in total. The lowest BCUT2D eigenvalue weighted by atomic mass is 10.1. The van der Waals surface area contributed by atoms with Crippen molar-refractivity contribution in [2.45, 2.75) is 51.6 Å². The van der Waals surface area contributed by atoms with Crippen LogP contribution < -0.4 is 0 Å².